The fraction of sp³-hybridized carbons (Fsp3) is 0.480. The molecule has 0 saturated heterocycles. The predicted molar refractivity (Wildman–Crippen MR) is 156 cm³/mol. The molecule has 1 aromatic heterocycles. The van der Waals surface area contributed by atoms with E-state index in [-0.39, 0.29) is 39.1 Å². The van der Waals surface area contributed by atoms with E-state index in [1.807, 2.05) is 7.05 Å². The molecule has 1 aliphatic heterocycles. The second-order valence-corrected chi connectivity index (χ2v) is 12.1. The van der Waals surface area contributed by atoms with Gasteiger partial charge in [-0.25, -0.2) is 4.98 Å². The number of nitro benzene ring substituents is 1. The zero-order valence-electron chi connectivity index (χ0n) is 22.2. The van der Waals surface area contributed by atoms with Crippen molar-refractivity contribution < 1.29 is 19.3 Å². The van der Waals surface area contributed by atoms with E-state index >= 15 is 0 Å². The first-order valence-corrected chi connectivity index (χ1v) is 14.3. The van der Waals surface area contributed by atoms with E-state index in [9.17, 15) is 24.5 Å². The molecule has 1 aliphatic carbocycles. The topological polar surface area (TPSA) is 150 Å². The fourth-order valence-electron chi connectivity index (χ4n) is 4.89. The summed E-state index contributed by atoms with van der Waals surface area (Å²) in [6, 6.07) is 2.97. The van der Waals surface area contributed by atoms with Gasteiger partial charge in [-0.1, -0.05) is 23.8 Å². The van der Waals surface area contributed by atoms with E-state index in [2.05, 4.69) is 25.8 Å². The Labute approximate surface area is 245 Å². The van der Waals surface area contributed by atoms with Crippen molar-refractivity contribution in [2.75, 3.05) is 33.0 Å². The molecule has 0 bridgehead atoms. The number of halogens is 1. The molecule has 214 valence electrons. The average Bonchev–Trinajstić information content (AvgIpc) is 3.33. The average molecular weight is 608 g/mol. The third-order valence-corrected chi connectivity index (χ3v) is 8.70. The molecule has 0 radical (unpaired) electrons. The molecule has 2 heterocycles. The number of amides is 3. The molecule has 0 spiro atoms. The number of hydrogen-bond acceptors (Lipinski definition) is 9. The van der Waals surface area contributed by atoms with Crippen molar-refractivity contribution in [3.8, 4) is 0 Å². The van der Waals surface area contributed by atoms with Gasteiger partial charge >= 0.3 is 0 Å². The van der Waals surface area contributed by atoms with Crippen LogP contribution in [0.25, 0.3) is 0 Å². The summed E-state index contributed by atoms with van der Waals surface area (Å²) < 4.78 is 0. The largest absolute Gasteiger partial charge is 0.367 e. The minimum Gasteiger partial charge on any atom is -0.367 e. The Hall–Kier alpha value is -3.20. The Morgan fingerprint density at radius 3 is 2.67 bits per heavy atom. The van der Waals surface area contributed by atoms with E-state index in [1.165, 1.54) is 28.4 Å². The van der Waals surface area contributed by atoms with Gasteiger partial charge in [0.25, 0.3) is 17.5 Å². The number of nitro groups is 1. The molecule has 1 fully saturated rings. The lowest BCUT2D eigenvalue weighted by Gasteiger charge is -2.37. The maximum Gasteiger partial charge on any atom is 0.289 e. The first-order chi connectivity index (χ1) is 18.9. The van der Waals surface area contributed by atoms with Crippen LogP contribution >= 0.6 is 35.2 Å². The Kier molecular flexibility index (Phi) is 9.33. The summed E-state index contributed by atoms with van der Waals surface area (Å²) in [6.07, 6.45) is 2.17. The molecule has 0 unspecified atom stereocenters. The lowest BCUT2D eigenvalue weighted by Crippen LogP contribution is -2.56. The smallest absolute Gasteiger partial charge is 0.289 e. The van der Waals surface area contributed by atoms with E-state index in [0.29, 0.717) is 24.3 Å². The summed E-state index contributed by atoms with van der Waals surface area (Å²) in [4.78, 5) is 58.5. The van der Waals surface area contributed by atoms with Gasteiger partial charge in [0.1, 0.15) is 5.02 Å². The van der Waals surface area contributed by atoms with E-state index in [4.69, 9.17) is 23.8 Å². The molecule has 2 aromatic rings. The first kappa shape index (κ1) is 29.8. The SMILES string of the molecule is CN1CCc2nc(C(=O)N[C@@H]3C[C@@H](C(=O)N(C)C)CC[C@@H]3NC(=S)C(=O)Nc3ccc(Cl)c([N+](=O)[O-])c3)sc2C1. The van der Waals surface area contributed by atoms with Gasteiger partial charge in [0.15, 0.2) is 10.00 Å². The number of thiocarbonyl (C=S) groups is 1. The maximum atomic E-state index is 13.3. The van der Waals surface area contributed by atoms with Gasteiger partial charge in [0.2, 0.25) is 5.91 Å². The molecule has 12 nitrogen and oxygen atoms in total. The van der Waals surface area contributed by atoms with Crippen LogP contribution in [0, 0.1) is 16.0 Å². The van der Waals surface area contributed by atoms with Gasteiger partial charge < -0.3 is 25.8 Å². The highest BCUT2D eigenvalue weighted by molar-refractivity contribution is 7.82. The van der Waals surface area contributed by atoms with Crippen molar-refractivity contribution in [2.24, 2.45) is 5.92 Å². The third-order valence-electron chi connectivity index (χ3n) is 7.00. The fourth-order valence-corrected chi connectivity index (χ4v) is 6.38. The number of rotatable bonds is 6. The number of benzene rings is 1. The second-order valence-electron chi connectivity index (χ2n) is 10.2. The lowest BCUT2D eigenvalue weighted by atomic mass is 9.81. The summed E-state index contributed by atoms with van der Waals surface area (Å²) in [6.45, 7) is 1.62. The number of nitrogens with one attached hydrogen (secondary N) is 3. The number of aromatic nitrogens is 1. The lowest BCUT2D eigenvalue weighted by molar-refractivity contribution is -0.384. The van der Waals surface area contributed by atoms with Crippen LogP contribution in [0.3, 0.4) is 0 Å². The third kappa shape index (κ3) is 6.92. The van der Waals surface area contributed by atoms with Crippen molar-refractivity contribution in [3.05, 3.63) is 48.9 Å². The van der Waals surface area contributed by atoms with Crippen LogP contribution in [0.5, 0.6) is 0 Å². The molecule has 4 rings (SSSR count). The van der Waals surface area contributed by atoms with Crippen molar-refractivity contribution in [2.45, 2.75) is 44.3 Å². The maximum absolute atomic E-state index is 13.3. The zero-order chi connectivity index (χ0) is 29.1. The standard InChI is InChI=1S/C25H30ClN7O5S2/c1-31(2)25(36)13-4-7-16(29-23(39)21(34)27-14-5-6-15(26)19(11-14)33(37)38)18(10-13)28-22(35)24-30-17-8-9-32(3)12-20(17)40-24/h5-6,11,13,16,18H,4,7-10,12H2,1-3H3,(H,27,34)(H,28,35)(H,29,39)/t13-,16-,18+/m0/s1. The molecule has 15 heteroatoms. The number of thiazole rings is 1. The van der Waals surface area contributed by atoms with E-state index < -0.39 is 22.9 Å². The summed E-state index contributed by atoms with van der Waals surface area (Å²) in [5.41, 5.74) is 0.752. The van der Waals surface area contributed by atoms with Crippen molar-refractivity contribution in [1.29, 1.82) is 0 Å². The predicted octanol–water partition coefficient (Wildman–Crippen LogP) is 2.60. The van der Waals surface area contributed by atoms with Gasteiger partial charge in [-0.3, -0.25) is 24.5 Å². The number of likely N-dealkylation sites (N-methyl/N-ethyl adjacent to an activating group) is 1. The molecule has 1 saturated carbocycles. The molecule has 3 atom stereocenters. The summed E-state index contributed by atoms with van der Waals surface area (Å²) in [7, 11) is 5.41. The number of anilines is 1. The molecular weight excluding hydrogens is 578 g/mol. The monoisotopic (exact) mass is 607 g/mol. The highest BCUT2D eigenvalue weighted by atomic mass is 35.5. The van der Waals surface area contributed by atoms with Gasteiger partial charge in [0, 0.05) is 62.2 Å². The molecule has 40 heavy (non-hydrogen) atoms. The normalized spacial score (nSPS) is 20.6. The van der Waals surface area contributed by atoms with Gasteiger partial charge in [0.05, 0.1) is 16.7 Å². The quantitative estimate of drug-likeness (QED) is 0.256. The molecular formula is C25H30ClN7O5S2. The van der Waals surface area contributed by atoms with Crippen LogP contribution in [-0.2, 0) is 22.6 Å². The number of nitrogens with zero attached hydrogens (tertiary/aromatic N) is 4. The highest BCUT2D eigenvalue weighted by Gasteiger charge is 2.37. The van der Waals surface area contributed by atoms with Crippen LogP contribution in [-0.4, -0.2) is 82.2 Å². The van der Waals surface area contributed by atoms with Gasteiger partial charge in [-0.05, 0) is 38.4 Å². The summed E-state index contributed by atoms with van der Waals surface area (Å²) in [5.74, 6) is -1.33. The Bertz CT molecular complexity index is 1350. The highest BCUT2D eigenvalue weighted by Crippen LogP contribution is 2.29. The second kappa shape index (κ2) is 12.5. The molecule has 2 aliphatic rings. The van der Waals surface area contributed by atoms with E-state index in [1.54, 1.807) is 14.1 Å². The molecule has 1 aromatic carbocycles. The van der Waals surface area contributed by atoms with Gasteiger partial charge in [-0.15, -0.1) is 11.3 Å². The Morgan fingerprint density at radius 1 is 1.23 bits per heavy atom. The minimum atomic E-state index is -0.667. The summed E-state index contributed by atoms with van der Waals surface area (Å²) >= 11 is 12.5. The minimum absolute atomic E-state index is 0.0323. The molecule has 3 N–H and O–H groups in total. The number of hydrogen-bond donors (Lipinski definition) is 3. The number of carbonyl (C=O) groups is 3. The van der Waals surface area contributed by atoms with Gasteiger partial charge in [-0.2, -0.15) is 0 Å². The molecule has 3 amide bonds. The zero-order valence-corrected chi connectivity index (χ0v) is 24.6. The van der Waals surface area contributed by atoms with Crippen LogP contribution in [0.15, 0.2) is 18.2 Å². The van der Waals surface area contributed by atoms with Crippen LogP contribution in [0.1, 0.15) is 39.6 Å². The first-order valence-electron chi connectivity index (χ1n) is 12.7. The van der Waals surface area contributed by atoms with Crippen molar-refractivity contribution in [1.82, 2.24) is 25.4 Å². The van der Waals surface area contributed by atoms with Crippen molar-refractivity contribution in [3.63, 3.8) is 0 Å². The number of fused-ring (bicyclic) bond motifs is 1. The Balaban J connectivity index is 1.46. The summed E-state index contributed by atoms with van der Waals surface area (Å²) in [5, 5.41) is 20.1. The van der Waals surface area contributed by atoms with Crippen LogP contribution in [0.4, 0.5) is 11.4 Å². The van der Waals surface area contributed by atoms with Crippen LogP contribution in [0.2, 0.25) is 5.02 Å². The van der Waals surface area contributed by atoms with Crippen LogP contribution < -0.4 is 16.0 Å². The number of carbonyl (C=O) groups excluding carboxylic acids is 3. The Morgan fingerprint density at radius 2 is 1.98 bits per heavy atom. The van der Waals surface area contributed by atoms with Crippen molar-refractivity contribution >= 4 is 69.2 Å². The van der Waals surface area contributed by atoms with E-state index in [0.717, 1.165) is 36.1 Å².